The van der Waals surface area contributed by atoms with Crippen LogP contribution in [0.5, 0.6) is 0 Å². The maximum atomic E-state index is 11.1. The van der Waals surface area contributed by atoms with Crippen molar-refractivity contribution in [2.75, 3.05) is 40.0 Å². The molecule has 86 valence electrons. The Hall–Kier alpha value is -1.14. The third-order valence-electron chi connectivity index (χ3n) is 2.01. The average Bonchev–Trinajstić information content (AvgIpc) is 2.51. The van der Waals surface area contributed by atoms with E-state index in [1.165, 1.54) is 4.90 Å². The lowest BCUT2D eigenvalue weighted by Crippen LogP contribution is -2.31. The molecule has 0 aromatic heterocycles. The van der Waals surface area contributed by atoms with Crippen molar-refractivity contribution in [3.8, 4) is 0 Å². The Kier molecular flexibility index (Phi) is 5.06. The highest BCUT2D eigenvalue weighted by Crippen LogP contribution is 1.97. The van der Waals surface area contributed by atoms with Gasteiger partial charge in [0, 0.05) is 26.9 Å². The van der Waals surface area contributed by atoms with E-state index in [1.807, 2.05) is 0 Å². The summed E-state index contributed by atoms with van der Waals surface area (Å²) < 4.78 is 10.1. The van der Waals surface area contributed by atoms with Gasteiger partial charge in [-0.25, -0.2) is 4.79 Å². The van der Waals surface area contributed by atoms with E-state index in [-0.39, 0.29) is 18.5 Å². The maximum absolute atomic E-state index is 11.1. The molecule has 15 heavy (non-hydrogen) atoms. The molecule has 1 saturated heterocycles. The topological polar surface area (TPSA) is 67.9 Å². The Morgan fingerprint density at radius 3 is 2.73 bits per heavy atom. The molecule has 1 fully saturated rings. The predicted molar refractivity (Wildman–Crippen MR) is 52.4 cm³/mol. The molecule has 0 aromatic carbocycles. The van der Waals surface area contributed by atoms with Gasteiger partial charge in [0.15, 0.2) is 0 Å². The van der Waals surface area contributed by atoms with Crippen molar-refractivity contribution in [3.05, 3.63) is 0 Å². The highest BCUT2D eigenvalue weighted by Gasteiger charge is 2.25. The molecule has 0 radical (unpaired) electrons. The number of rotatable bonds is 7. The molecule has 0 spiro atoms. The number of nitrogens with zero attached hydrogens (tertiary/aromatic N) is 1. The second-order valence-corrected chi connectivity index (χ2v) is 3.23. The highest BCUT2D eigenvalue weighted by molar-refractivity contribution is 6.01. The van der Waals surface area contributed by atoms with Gasteiger partial charge in [-0.15, -0.1) is 0 Å². The Bertz CT molecular complexity index is 232. The molecule has 6 heteroatoms. The van der Waals surface area contributed by atoms with E-state index in [1.54, 1.807) is 7.11 Å². The summed E-state index contributed by atoms with van der Waals surface area (Å²) in [5, 5.41) is 2.20. The maximum Gasteiger partial charge on any atom is 0.324 e. The van der Waals surface area contributed by atoms with Crippen LogP contribution in [0, 0.1) is 0 Å². The van der Waals surface area contributed by atoms with Gasteiger partial charge in [-0.3, -0.25) is 10.1 Å². The monoisotopic (exact) mass is 216 g/mol. The van der Waals surface area contributed by atoms with Crippen LogP contribution in [-0.4, -0.2) is 56.9 Å². The van der Waals surface area contributed by atoms with Crippen LogP contribution in [0.2, 0.25) is 0 Å². The summed E-state index contributed by atoms with van der Waals surface area (Å²) in [5.41, 5.74) is 0. The zero-order valence-electron chi connectivity index (χ0n) is 8.82. The quantitative estimate of drug-likeness (QED) is 0.464. The van der Waals surface area contributed by atoms with Crippen molar-refractivity contribution in [3.63, 3.8) is 0 Å². The van der Waals surface area contributed by atoms with Gasteiger partial charge >= 0.3 is 6.03 Å². The predicted octanol–water partition coefficient (Wildman–Crippen LogP) is -0.409. The number of imide groups is 1. The fraction of sp³-hybridized carbons (Fsp3) is 0.778. The van der Waals surface area contributed by atoms with Gasteiger partial charge in [0.25, 0.3) is 0 Å². The SMILES string of the molecule is COCCCOCCN1CC(=O)NC1=O. The molecule has 1 aliphatic heterocycles. The number of nitrogens with one attached hydrogen (secondary N) is 1. The van der Waals surface area contributed by atoms with Crippen LogP contribution in [0.3, 0.4) is 0 Å². The summed E-state index contributed by atoms with van der Waals surface area (Å²) in [6.07, 6.45) is 0.835. The Morgan fingerprint density at radius 2 is 2.13 bits per heavy atom. The number of amides is 3. The number of ether oxygens (including phenoxy) is 2. The second-order valence-electron chi connectivity index (χ2n) is 3.23. The van der Waals surface area contributed by atoms with Crippen molar-refractivity contribution >= 4 is 11.9 Å². The summed E-state index contributed by atoms with van der Waals surface area (Å²) in [4.78, 5) is 23.3. The van der Waals surface area contributed by atoms with Gasteiger partial charge in [0.2, 0.25) is 5.91 Å². The molecule has 0 atom stereocenters. The minimum Gasteiger partial charge on any atom is -0.385 e. The molecule has 0 aromatic rings. The number of carbonyl (C=O) groups is 2. The van der Waals surface area contributed by atoms with Gasteiger partial charge in [0.05, 0.1) is 6.61 Å². The van der Waals surface area contributed by atoms with Crippen molar-refractivity contribution in [1.29, 1.82) is 0 Å². The van der Waals surface area contributed by atoms with Gasteiger partial charge in [0.1, 0.15) is 6.54 Å². The van der Waals surface area contributed by atoms with E-state index in [0.29, 0.717) is 26.4 Å². The summed E-state index contributed by atoms with van der Waals surface area (Å²) in [7, 11) is 1.64. The second kappa shape index (κ2) is 6.36. The van der Waals surface area contributed by atoms with Crippen LogP contribution < -0.4 is 5.32 Å². The third kappa shape index (κ3) is 4.26. The van der Waals surface area contributed by atoms with Crippen LogP contribution in [0.25, 0.3) is 0 Å². The fourth-order valence-corrected chi connectivity index (χ4v) is 1.25. The summed E-state index contributed by atoms with van der Waals surface area (Å²) in [6, 6.07) is -0.333. The fourth-order valence-electron chi connectivity index (χ4n) is 1.25. The van der Waals surface area contributed by atoms with Crippen LogP contribution >= 0.6 is 0 Å². The van der Waals surface area contributed by atoms with Crippen molar-refractivity contribution in [1.82, 2.24) is 10.2 Å². The third-order valence-corrected chi connectivity index (χ3v) is 2.01. The summed E-state index contributed by atoms with van der Waals surface area (Å²) >= 11 is 0. The molecule has 1 N–H and O–H groups in total. The molecule has 6 nitrogen and oxygen atoms in total. The van der Waals surface area contributed by atoms with E-state index in [0.717, 1.165) is 6.42 Å². The number of methoxy groups -OCH3 is 1. The first-order valence-corrected chi connectivity index (χ1v) is 4.89. The first kappa shape index (κ1) is 11.9. The van der Waals surface area contributed by atoms with Crippen LogP contribution in [0.15, 0.2) is 0 Å². The van der Waals surface area contributed by atoms with Crippen LogP contribution in [0.4, 0.5) is 4.79 Å². The molecular weight excluding hydrogens is 200 g/mol. The average molecular weight is 216 g/mol. The zero-order chi connectivity index (χ0) is 11.1. The minimum absolute atomic E-state index is 0.139. The number of hydrogen-bond donors (Lipinski definition) is 1. The van der Waals surface area contributed by atoms with Crippen molar-refractivity contribution in [2.45, 2.75) is 6.42 Å². The van der Waals surface area contributed by atoms with Crippen molar-refractivity contribution in [2.24, 2.45) is 0 Å². The lowest BCUT2D eigenvalue weighted by Gasteiger charge is -2.12. The molecule has 0 unspecified atom stereocenters. The van der Waals surface area contributed by atoms with Gasteiger partial charge in [-0.05, 0) is 6.42 Å². The van der Waals surface area contributed by atoms with E-state index >= 15 is 0 Å². The number of hydrogen-bond acceptors (Lipinski definition) is 4. The Labute approximate surface area is 88.5 Å². The Morgan fingerprint density at radius 1 is 1.33 bits per heavy atom. The van der Waals surface area contributed by atoms with E-state index < -0.39 is 0 Å². The summed E-state index contributed by atoms with van der Waals surface area (Å²) in [5.74, 6) is -0.251. The van der Waals surface area contributed by atoms with E-state index in [9.17, 15) is 9.59 Å². The minimum atomic E-state index is -0.333. The molecular formula is C9H16N2O4. The van der Waals surface area contributed by atoms with Crippen LogP contribution in [0.1, 0.15) is 6.42 Å². The lowest BCUT2D eigenvalue weighted by atomic mass is 10.5. The first-order valence-electron chi connectivity index (χ1n) is 4.89. The van der Waals surface area contributed by atoms with E-state index in [2.05, 4.69) is 5.32 Å². The summed E-state index contributed by atoms with van der Waals surface area (Å²) in [6.45, 7) is 2.31. The molecule has 0 aliphatic carbocycles. The molecule has 1 aliphatic rings. The zero-order valence-corrected chi connectivity index (χ0v) is 8.82. The van der Waals surface area contributed by atoms with E-state index in [4.69, 9.17) is 9.47 Å². The van der Waals surface area contributed by atoms with Gasteiger partial charge in [-0.1, -0.05) is 0 Å². The molecule has 0 saturated carbocycles. The molecule has 0 bridgehead atoms. The number of urea groups is 1. The van der Waals surface area contributed by atoms with Crippen molar-refractivity contribution < 1.29 is 19.1 Å². The lowest BCUT2D eigenvalue weighted by molar-refractivity contribution is -0.118. The van der Waals surface area contributed by atoms with Gasteiger partial charge in [-0.2, -0.15) is 0 Å². The van der Waals surface area contributed by atoms with Gasteiger partial charge < -0.3 is 14.4 Å². The largest absolute Gasteiger partial charge is 0.385 e. The smallest absolute Gasteiger partial charge is 0.324 e. The normalized spacial score (nSPS) is 15.9. The molecule has 1 rings (SSSR count). The highest BCUT2D eigenvalue weighted by atomic mass is 16.5. The first-order chi connectivity index (χ1) is 7.24. The number of carbonyl (C=O) groups excluding carboxylic acids is 2. The molecule has 3 amide bonds. The Balaban J connectivity index is 2.00. The standard InChI is InChI=1S/C9H16N2O4/c1-14-4-2-5-15-6-3-11-7-8(12)10-9(11)13/h2-7H2,1H3,(H,10,12,13). The van der Waals surface area contributed by atoms with Crippen LogP contribution in [-0.2, 0) is 14.3 Å². The molecule has 1 heterocycles.